The fourth-order valence-electron chi connectivity index (χ4n) is 2.01. The standard InChI is InChI=1S/C17H26N2O2S/c1-11(2)16(19-14(5)20)17(21)18-8-9-22-15-7-6-12(3)13(4)10-15/h6-7,10-11,16H,8-9H2,1-5H3,(H,18,21)(H,19,20)/t16-/m0/s1. The van der Waals surface area contributed by atoms with Crippen LogP contribution in [0, 0.1) is 19.8 Å². The average Bonchev–Trinajstić information content (AvgIpc) is 2.44. The number of hydrogen-bond donors (Lipinski definition) is 2. The van der Waals surface area contributed by atoms with E-state index in [2.05, 4.69) is 42.7 Å². The molecule has 0 bridgehead atoms. The fraction of sp³-hybridized carbons (Fsp3) is 0.529. The maximum Gasteiger partial charge on any atom is 0.242 e. The molecule has 0 aliphatic carbocycles. The molecule has 0 fully saturated rings. The number of aryl methyl sites for hydroxylation is 2. The fourth-order valence-corrected chi connectivity index (χ4v) is 2.87. The summed E-state index contributed by atoms with van der Waals surface area (Å²) in [5.74, 6) is 0.569. The Bertz CT molecular complexity index is 529. The van der Waals surface area contributed by atoms with E-state index in [1.165, 1.54) is 22.9 Å². The van der Waals surface area contributed by atoms with Crippen molar-refractivity contribution in [3.63, 3.8) is 0 Å². The van der Waals surface area contributed by atoms with Crippen LogP contribution in [0.3, 0.4) is 0 Å². The molecule has 0 aromatic heterocycles. The van der Waals surface area contributed by atoms with Crippen LogP contribution in [0.1, 0.15) is 31.9 Å². The number of thioether (sulfide) groups is 1. The van der Waals surface area contributed by atoms with Crippen LogP contribution in [0.5, 0.6) is 0 Å². The summed E-state index contributed by atoms with van der Waals surface area (Å²) in [6.45, 7) is 10.0. The van der Waals surface area contributed by atoms with E-state index >= 15 is 0 Å². The van der Waals surface area contributed by atoms with Gasteiger partial charge in [0, 0.05) is 24.1 Å². The minimum Gasteiger partial charge on any atom is -0.353 e. The molecule has 0 saturated heterocycles. The van der Waals surface area contributed by atoms with Gasteiger partial charge in [0.2, 0.25) is 11.8 Å². The first-order chi connectivity index (χ1) is 10.3. The normalized spacial score (nSPS) is 12.1. The van der Waals surface area contributed by atoms with Gasteiger partial charge in [-0.15, -0.1) is 11.8 Å². The van der Waals surface area contributed by atoms with Gasteiger partial charge in [-0.1, -0.05) is 19.9 Å². The minimum absolute atomic E-state index is 0.0660. The Morgan fingerprint density at radius 1 is 1.18 bits per heavy atom. The van der Waals surface area contributed by atoms with Gasteiger partial charge in [-0.3, -0.25) is 9.59 Å². The minimum atomic E-state index is -0.468. The topological polar surface area (TPSA) is 58.2 Å². The number of amides is 2. The van der Waals surface area contributed by atoms with Crippen LogP contribution in [-0.2, 0) is 9.59 Å². The lowest BCUT2D eigenvalue weighted by Gasteiger charge is -2.20. The van der Waals surface area contributed by atoms with Gasteiger partial charge >= 0.3 is 0 Å². The lowest BCUT2D eigenvalue weighted by molar-refractivity contribution is -0.129. The van der Waals surface area contributed by atoms with Crippen LogP contribution in [0.25, 0.3) is 0 Å². The molecule has 2 N–H and O–H groups in total. The molecule has 1 atom stereocenters. The number of benzene rings is 1. The molecule has 22 heavy (non-hydrogen) atoms. The summed E-state index contributed by atoms with van der Waals surface area (Å²) in [5.41, 5.74) is 2.56. The molecular weight excluding hydrogens is 296 g/mol. The second-order valence-corrected chi connectivity index (χ2v) is 6.98. The highest BCUT2D eigenvalue weighted by molar-refractivity contribution is 7.99. The first-order valence-corrected chi connectivity index (χ1v) is 8.54. The lowest BCUT2D eigenvalue weighted by Crippen LogP contribution is -2.49. The zero-order chi connectivity index (χ0) is 16.7. The Hall–Kier alpha value is -1.49. The zero-order valence-corrected chi connectivity index (χ0v) is 14.8. The monoisotopic (exact) mass is 322 g/mol. The molecule has 0 heterocycles. The average molecular weight is 322 g/mol. The summed E-state index contributed by atoms with van der Waals surface area (Å²) in [7, 11) is 0. The van der Waals surface area contributed by atoms with Gasteiger partial charge in [0.1, 0.15) is 6.04 Å². The largest absolute Gasteiger partial charge is 0.353 e. The third-order valence-electron chi connectivity index (χ3n) is 3.46. The van der Waals surface area contributed by atoms with Gasteiger partial charge in [-0.2, -0.15) is 0 Å². The highest BCUT2D eigenvalue weighted by Crippen LogP contribution is 2.20. The Morgan fingerprint density at radius 3 is 2.41 bits per heavy atom. The van der Waals surface area contributed by atoms with E-state index in [0.29, 0.717) is 6.54 Å². The second kappa shape index (κ2) is 8.83. The lowest BCUT2D eigenvalue weighted by atomic mass is 10.0. The van der Waals surface area contributed by atoms with Gasteiger partial charge in [-0.05, 0) is 43.0 Å². The summed E-state index contributed by atoms with van der Waals surface area (Å²) in [5, 5.41) is 5.58. The van der Waals surface area contributed by atoms with Crippen LogP contribution < -0.4 is 10.6 Å². The summed E-state index contributed by atoms with van der Waals surface area (Å²) < 4.78 is 0. The first kappa shape index (κ1) is 18.6. The summed E-state index contributed by atoms with van der Waals surface area (Å²) in [6.07, 6.45) is 0. The summed E-state index contributed by atoms with van der Waals surface area (Å²) in [6, 6.07) is 5.91. The molecule has 0 spiro atoms. The Morgan fingerprint density at radius 2 is 1.86 bits per heavy atom. The third-order valence-corrected chi connectivity index (χ3v) is 4.45. The van der Waals surface area contributed by atoms with E-state index in [1.54, 1.807) is 11.8 Å². The van der Waals surface area contributed by atoms with Crippen molar-refractivity contribution in [2.45, 2.75) is 45.6 Å². The van der Waals surface area contributed by atoms with Gasteiger partial charge < -0.3 is 10.6 Å². The summed E-state index contributed by atoms with van der Waals surface area (Å²) in [4.78, 5) is 24.4. The molecule has 0 saturated carbocycles. The molecule has 5 heteroatoms. The van der Waals surface area contributed by atoms with Crippen molar-refractivity contribution in [1.82, 2.24) is 10.6 Å². The second-order valence-electron chi connectivity index (χ2n) is 5.81. The highest BCUT2D eigenvalue weighted by Gasteiger charge is 2.22. The quantitative estimate of drug-likeness (QED) is 0.599. The Kier molecular flexibility index (Phi) is 7.45. The maximum absolute atomic E-state index is 12.1. The van der Waals surface area contributed by atoms with Crippen molar-refractivity contribution in [2.24, 2.45) is 5.92 Å². The summed E-state index contributed by atoms with van der Waals surface area (Å²) >= 11 is 1.72. The van der Waals surface area contributed by atoms with E-state index in [9.17, 15) is 9.59 Å². The van der Waals surface area contributed by atoms with Crippen molar-refractivity contribution >= 4 is 23.6 Å². The van der Waals surface area contributed by atoms with Gasteiger partial charge in [-0.25, -0.2) is 0 Å². The number of rotatable bonds is 7. The van der Waals surface area contributed by atoms with Crippen LogP contribution in [0.15, 0.2) is 23.1 Å². The molecule has 0 aliphatic heterocycles. The number of hydrogen-bond acceptors (Lipinski definition) is 3. The van der Waals surface area contributed by atoms with E-state index in [4.69, 9.17) is 0 Å². The van der Waals surface area contributed by atoms with Crippen molar-refractivity contribution in [1.29, 1.82) is 0 Å². The molecule has 1 aromatic carbocycles. The maximum atomic E-state index is 12.1. The van der Waals surface area contributed by atoms with Crippen LogP contribution in [-0.4, -0.2) is 30.2 Å². The first-order valence-electron chi connectivity index (χ1n) is 7.56. The van der Waals surface area contributed by atoms with Crippen molar-refractivity contribution in [2.75, 3.05) is 12.3 Å². The van der Waals surface area contributed by atoms with Gasteiger partial charge in [0.15, 0.2) is 0 Å². The molecule has 0 radical (unpaired) electrons. The van der Waals surface area contributed by atoms with Crippen molar-refractivity contribution in [3.05, 3.63) is 29.3 Å². The van der Waals surface area contributed by atoms with E-state index < -0.39 is 6.04 Å². The zero-order valence-electron chi connectivity index (χ0n) is 14.0. The molecule has 0 aliphatic rings. The molecule has 0 unspecified atom stereocenters. The highest BCUT2D eigenvalue weighted by atomic mass is 32.2. The number of nitrogens with one attached hydrogen (secondary N) is 2. The van der Waals surface area contributed by atoms with Crippen LogP contribution >= 0.6 is 11.8 Å². The predicted molar refractivity (Wildman–Crippen MR) is 92.1 cm³/mol. The van der Waals surface area contributed by atoms with Gasteiger partial charge in [0.25, 0.3) is 0 Å². The van der Waals surface area contributed by atoms with Crippen molar-refractivity contribution in [3.8, 4) is 0 Å². The van der Waals surface area contributed by atoms with E-state index in [1.807, 2.05) is 13.8 Å². The SMILES string of the molecule is CC(=O)N[C@H](C(=O)NCCSc1ccc(C)c(C)c1)C(C)C. The molecule has 1 aromatic rings. The molecule has 1 rings (SSSR count). The van der Waals surface area contributed by atoms with Crippen LogP contribution in [0.2, 0.25) is 0 Å². The molecular formula is C17H26N2O2S. The molecule has 4 nitrogen and oxygen atoms in total. The van der Waals surface area contributed by atoms with Crippen LogP contribution in [0.4, 0.5) is 0 Å². The predicted octanol–water partition coefficient (Wildman–Crippen LogP) is 2.67. The Balaban J connectivity index is 2.40. The van der Waals surface area contributed by atoms with Crippen molar-refractivity contribution < 1.29 is 9.59 Å². The number of carbonyl (C=O) groups excluding carboxylic acids is 2. The van der Waals surface area contributed by atoms with E-state index in [-0.39, 0.29) is 17.7 Å². The molecule has 2 amide bonds. The van der Waals surface area contributed by atoms with Gasteiger partial charge in [0.05, 0.1) is 0 Å². The Labute approximate surface area is 137 Å². The third kappa shape index (κ3) is 6.10. The molecule has 122 valence electrons. The number of carbonyl (C=O) groups is 2. The van der Waals surface area contributed by atoms with E-state index in [0.717, 1.165) is 5.75 Å². The smallest absolute Gasteiger partial charge is 0.242 e.